The Morgan fingerprint density at radius 3 is 3.15 bits per heavy atom. The highest BCUT2D eigenvalue weighted by molar-refractivity contribution is 5.75. The molecule has 1 unspecified atom stereocenters. The zero-order valence-electron chi connectivity index (χ0n) is 12.2. The quantitative estimate of drug-likeness (QED) is 0.749. The molecule has 0 bridgehead atoms. The summed E-state index contributed by atoms with van der Waals surface area (Å²) >= 11 is 0. The molecule has 0 saturated carbocycles. The molecular weight excluding hydrogens is 252 g/mol. The van der Waals surface area contributed by atoms with E-state index < -0.39 is 0 Å². The Hall–Kier alpha value is -1.55. The van der Waals surface area contributed by atoms with Gasteiger partial charge in [-0.2, -0.15) is 0 Å². The number of benzene rings is 1. The van der Waals surface area contributed by atoms with E-state index in [4.69, 9.17) is 4.74 Å². The van der Waals surface area contributed by atoms with Crippen LogP contribution in [0, 0.1) is 6.92 Å². The van der Waals surface area contributed by atoms with Gasteiger partial charge in [0.2, 0.25) is 5.91 Å². The Morgan fingerprint density at radius 2 is 2.40 bits per heavy atom. The fraction of sp³-hybridized carbons (Fsp3) is 0.562. The fourth-order valence-electron chi connectivity index (χ4n) is 2.46. The molecule has 1 heterocycles. The summed E-state index contributed by atoms with van der Waals surface area (Å²) in [6, 6.07) is 8.46. The van der Waals surface area contributed by atoms with E-state index in [1.807, 2.05) is 31.2 Å². The maximum atomic E-state index is 11.7. The highest BCUT2D eigenvalue weighted by Gasteiger charge is 2.14. The van der Waals surface area contributed by atoms with Crippen molar-refractivity contribution in [2.75, 3.05) is 19.7 Å². The molecular formula is C16H24N2O2. The molecule has 4 nitrogen and oxygen atoms in total. The first-order chi connectivity index (χ1) is 9.74. The van der Waals surface area contributed by atoms with Crippen molar-refractivity contribution in [3.8, 4) is 5.75 Å². The second-order valence-electron chi connectivity index (χ2n) is 5.35. The molecule has 1 amide bonds. The van der Waals surface area contributed by atoms with E-state index in [1.54, 1.807) is 0 Å². The number of carbonyl (C=O) groups is 1. The van der Waals surface area contributed by atoms with Crippen molar-refractivity contribution in [3.05, 3.63) is 29.8 Å². The number of hydrogen-bond acceptors (Lipinski definition) is 3. The van der Waals surface area contributed by atoms with Crippen LogP contribution in [0.1, 0.15) is 31.2 Å². The molecule has 0 aliphatic carbocycles. The maximum Gasteiger partial charge on any atom is 0.220 e. The summed E-state index contributed by atoms with van der Waals surface area (Å²) in [6.45, 7) is 4.20. The lowest BCUT2D eigenvalue weighted by atomic mass is 10.1. The van der Waals surface area contributed by atoms with E-state index in [1.165, 1.54) is 18.4 Å². The molecule has 1 fully saturated rings. The monoisotopic (exact) mass is 276 g/mol. The van der Waals surface area contributed by atoms with E-state index in [0.29, 0.717) is 25.6 Å². The van der Waals surface area contributed by atoms with Crippen LogP contribution < -0.4 is 15.4 Å². The lowest BCUT2D eigenvalue weighted by Crippen LogP contribution is -2.30. The summed E-state index contributed by atoms with van der Waals surface area (Å²) in [5.41, 5.74) is 1.18. The number of rotatable bonds is 7. The first-order valence-corrected chi connectivity index (χ1v) is 7.43. The summed E-state index contributed by atoms with van der Waals surface area (Å²) < 4.78 is 5.59. The average molecular weight is 276 g/mol. The van der Waals surface area contributed by atoms with Gasteiger partial charge in [0.1, 0.15) is 12.4 Å². The third kappa shape index (κ3) is 5.21. The first kappa shape index (κ1) is 14.9. The predicted octanol–water partition coefficient (Wildman–Crippen LogP) is 2.02. The van der Waals surface area contributed by atoms with Gasteiger partial charge in [0.05, 0.1) is 6.54 Å². The van der Waals surface area contributed by atoms with E-state index in [9.17, 15) is 4.79 Å². The molecule has 2 rings (SSSR count). The molecule has 1 saturated heterocycles. The Morgan fingerprint density at radius 1 is 1.50 bits per heavy atom. The zero-order valence-corrected chi connectivity index (χ0v) is 12.2. The SMILES string of the molecule is Cc1cccc(OCCNC(=O)CCC2CCCN2)c1. The van der Waals surface area contributed by atoms with E-state index >= 15 is 0 Å². The van der Waals surface area contributed by atoms with Crippen LogP contribution >= 0.6 is 0 Å². The standard InChI is InChI=1S/C16H24N2O2/c1-13-4-2-6-15(12-13)20-11-10-18-16(19)8-7-14-5-3-9-17-14/h2,4,6,12,14,17H,3,5,7-11H2,1H3,(H,18,19). The van der Waals surface area contributed by atoms with Gasteiger partial charge in [0.25, 0.3) is 0 Å². The van der Waals surface area contributed by atoms with Crippen molar-refractivity contribution >= 4 is 5.91 Å². The zero-order chi connectivity index (χ0) is 14.2. The summed E-state index contributed by atoms with van der Waals surface area (Å²) in [5.74, 6) is 0.973. The van der Waals surface area contributed by atoms with Crippen LogP contribution in [0.4, 0.5) is 0 Å². The normalized spacial score (nSPS) is 17.9. The van der Waals surface area contributed by atoms with Crippen LogP contribution in [-0.2, 0) is 4.79 Å². The minimum atomic E-state index is 0.117. The van der Waals surface area contributed by atoms with Crippen molar-refractivity contribution in [3.63, 3.8) is 0 Å². The van der Waals surface area contributed by atoms with Gasteiger partial charge in [0, 0.05) is 12.5 Å². The maximum absolute atomic E-state index is 11.7. The number of aryl methyl sites for hydroxylation is 1. The number of carbonyl (C=O) groups excluding carboxylic acids is 1. The van der Waals surface area contributed by atoms with E-state index in [0.717, 1.165) is 18.7 Å². The summed E-state index contributed by atoms with van der Waals surface area (Å²) in [7, 11) is 0. The largest absolute Gasteiger partial charge is 0.492 e. The highest BCUT2D eigenvalue weighted by atomic mass is 16.5. The molecule has 1 aliphatic heterocycles. The second kappa shape index (κ2) is 7.90. The molecule has 1 aromatic rings. The Kier molecular flexibility index (Phi) is 5.87. The summed E-state index contributed by atoms with van der Waals surface area (Å²) in [4.78, 5) is 11.7. The Labute approximate surface area is 120 Å². The van der Waals surface area contributed by atoms with Crippen LogP contribution in [-0.4, -0.2) is 31.6 Å². The number of hydrogen-bond donors (Lipinski definition) is 2. The van der Waals surface area contributed by atoms with Crippen LogP contribution in [0.15, 0.2) is 24.3 Å². The topological polar surface area (TPSA) is 50.4 Å². The van der Waals surface area contributed by atoms with Crippen LogP contribution in [0.5, 0.6) is 5.75 Å². The Balaban J connectivity index is 1.55. The number of ether oxygens (including phenoxy) is 1. The van der Waals surface area contributed by atoms with E-state index in [-0.39, 0.29) is 5.91 Å². The minimum Gasteiger partial charge on any atom is -0.492 e. The summed E-state index contributed by atoms with van der Waals surface area (Å²) in [5, 5.41) is 6.30. The molecule has 1 aromatic carbocycles. The minimum absolute atomic E-state index is 0.117. The van der Waals surface area contributed by atoms with Crippen LogP contribution in [0.25, 0.3) is 0 Å². The third-order valence-electron chi connectivity index (χ3n) is 3.56. The Bertz CT molecular complexity index is 428. The van der Waals surface area contributed by atoms with Crippen molar-refractivity contribution in [2.24, 2.45) is 0 Å². The molecule has 0 aromatic heterocycles. The fourth-order valence-corrected chi connectivity index (χ4v) is 2.46. The molecule has 2 N–H and O–H groups in total. The van der Waals surface area contributed by atoms with Gasteiger partial charge in [-0.05, 0) is 50.4 Å². The van der Waals surface area contributed by atoms with Gasteiger partial charge in [0.15, 0.2) is 0 Å². The van der Waals surface area contributed by atoms with Gasteiger partial charge in [-0.1, -0.05) is 12.1 Å². The van der Waals surface area contributed by atoms with Gasteiger partial charge in [-0.15, -0.1) is 0 Å². The number of amides is 1. The molecule has 20 heavy (non-hydrogen) atoms. The van der Waals surface area contributed by atoms with Gasteiger partial charge >= 0.3 is 0 Å². The number of nitrogens with one attached hydrogen (secondary N) is 2. The lowest BCUT2D eigenvalue weighted by Gasteiger charge is -2.10. The molecule has 110 valence electrons. The van der Waals surface area contributed by atoms with Crippen LogP contribution in [0.3, 0.4) is 0 Å². The molecule has 4 heteroatoms. The van der Waals surface area contributed by atoms with Crippen molar-refractivity contribution in [1.82, 2.24) is 10.6 Å². The van der Waals surface area contributed by atoms with Gasteiger partial charge < -0.3 is 15.4 Å². The van der Waals surface area contributed by atoms with Crippen molar-refractivity contribution in [2.45, 2.75) is 38.6 Å². The summed E-state index contributed by atoms with van der Waals surface area (Å²) in [6.07, 6.45) is 3.97. The second-order valence-corrected chi connectivity index (χ2v) is 5.35. The van der Waals surface area contributed by atoms with Crippen LogP contribution in [0.2, 0.25) is 0 Å². The predicted molar refractivity (Wildman–Crippen MR) is 79.9 cm³/mol. The van der Waals surface area contributed by atoms with Crippen molar-refractivity contribution in [1.29, 1.82) is 0 Å². The van der Waals surface area contributed by atoms with E-state index in [2.05, 4.69) is 10.6 Å². The van der Waals surface area contributed by atoms with Gasteiger partial charge in [-0.3, -0.25) is 4.79 Å². The third-order valence-corrected chi connectivity index (χ3v) is 3.56. The molecule has 0 radical (unpaired) electrons. The van der Waals surface area contributed by atoms with Crippen molar-refractivity contribution < 1.29 is 9.53 Å². The average Bonchev–Trinajstić information content (AvgIpc) is 2.95. The van der Waals surface area contributed by atoms with Gasteiger partial charge in [-0.25, -0.2) is 0 Å². The smallest absolute Gasteiger partial charge is 0.220 e. The molecule has 0 spiro atoms. The molecule has 1 atom stereocenters. The molecule has 1 aliphatic rings. The highest BCUT2D eigenvalue weighted by Crippen LogP contribution is 2.12. The first-order valence-electron chi connectivity index (χ1n) is 7.43. The lowest BCUT2D eigenvalue weighted by molar-refractivity contribution is -0.121.